The molecule has 0 unspecified atom stereocenters. The van der Waals surface area contributed by atoms with Gasteiger partial charge in [-0.25, -0.2) is 8.42 Å². The maximum absolute atomic E-state index is 12.4. The van der Waals surface area contributed by atoms with Crippen molar-refractivity contribution >= 4 is 21.4 Å². The van der Waals surface area contributed by atoms with Crippen LogP contribution in [0.2, 0.25) is 5.02 Å². The minimum Gasteiger partial charge on any atom is -0.219 e. The van der Waals surface area contributed by atoms with E-state index in [0.29, 0.717) is 9.92 Å². The van der Waals surface area contributed by atoms with Gasteiger partial charge in [-0.05, 0) is 61.4 Å². The third-order valence-corrected chi connectivity index (χ3v) is 4.63. The molecule has 0 fully saturated rings. The highest BCUT2D eigenvalue weighted by Gasteiger charge is 2.17. The maximum Gasteiger partial charge on any atom is 0.206 e. The zero-order valence-corrected chi connectivity index (χ0v) is 11.7. The van der Waals surface area contributed by atoms with Gasteiger partial charge in [-0.15, -0.1) is 0 Å². The van der Waals surface area contributed by atoms with Crippen LogP contribution in [0.1, 0.15) is 11.1 Å². The summed E-state index contributed by atoms with van der Waals surface area (Å²) in [6.45, 7) is 3.77. The summed E-state index contributed by atoms with van der Waals surface area (Å²) in [7, 11) is -3.46. The molecule has 0 N–H and O–H groups in total. The number of aryl methyl sites for hydroxylation is 2. The van der Waals surface area contributed by atoms with Gasteiger partial charge in [-0.1, -0.05) is 17.7 Å². The molecule has 2 aromatic rings. The van der Waals surface area contributed by atoms with Gasteiger partial charge in [-0.2, -0.15) is 0 Å². The molecule has 0 aliphatic heterocycles. The molecule has 2 aromatic carbocycles. The zero-order valence-electron chi connectivity index (χ0n) is 10.1. The predicted octanol–water partition coefficient (Wildman–Crippen LogP) is 3.79. The lowest BCUT2D eigenvalue weighted by molar-refractivity contribution is 0.596. The topological polar surface area (TPSA) is 34.1 Å². The van der Waals surface area contributed by atoms with Gasteiger partial charge < -0.3 is 0 Å². The Bertz CT molecular complexity index is 653. The summed E-state index contributed by atoms with van der Waals surface area (Å²) in [4.78, 5) is 0.583. The fraction of sp³-hybridized carbons (Fsp3) is 0.143. The molecular formula is C14H13ClO2S. The molecule has 0 saturated carbocycles. The number of sulfone groups is 1. The lowest BCUT2D eigenvalue weighted by Gasteiger charge is -2.07. The third kappa shape index (κ3) is 2.57. The van der Waals surface area contributed by atoms with Crippen LogP contribution in [0.3, 0.4) is 0 Å². The summed E-state index contributed by atoms with van der Waals surface area (Å²) in [5.74, 6) is 0. The Morgan fingerprint density at radius 3 is 1.83 bits per heavy atom. The molecule has 18 heavy (non-hydrogen) atoms. The van der Waals surface area contributed by atoms with E-state index in [4.69, 9.17) is 11.6 Å². The van der Waals surface area contributed by atoms with Gasteiger partial charge in [0.25, 0.3) is 0 Å². The van der Waals surface area contributed by atoms with E-state index in [9.17, 15) is 8.42 Å². The fourth-order valence-electron chi connectivity index (χ4n) is 1.84. The van der Waals surface area contributed by atoms with Gasteiger partial charge in [0.2, 0.25) is 9.84 Å². The molecule has 0 aromatic heterocycles. The lowest BCUT2D eigenvalue weighted by Crippen LogP contribution is -2.02. The molecule has 0 atom stereocenters. The lowest BCUT2D eigenvalue weighted by atomic mass is 10.2. The van der Waals surface area contributed by atoms with Crippen molar-refractivity contribution in [2.45, 2.75) is 23.6 Å². The van der Waals surface area contributed by atoms with Gasteiger partial charge in [0.05, 0.1) is 9.79 Å². The van der Waals surface area contributed by atoms with Crippen molar-refractivity contribution in [3.63, 3.8) is 0 Å². The number of rotatable bonds is 2. The van der Waals surface area contributed by atoms with Crippen LogP contribution in [0.4, 0.5) is 0 Å². The maximum atomic E-state index is 12.4. The normalized spacial score (nSPS) is 11.5. The molecular weight excluding hydrogens is 268 g/mol. The van der Waals surface area contributed by atoms with E-state index >= 15 is 0 Å². The standard InChI is InChI=1S/C14H13ClO2S/c1-10-7-11(2)9-14(8-10)18(16,17)13-5-3-12(15)4-6-13/h3-9H,1-2H3. The van der Waals surface area contributed by atoms with Gasteiger partial charge in [-0.3, -0.25) is 0 Å². The second kappa shape index (κ2) is 4.75. The van der Waals surface area contributed by atoms with Crippen molar-refractivity contribution in [1.82, 2.24) is 0 Å². The summed E-state index contributed by atoms with van der Waals surface area (Å²) in [5.41, 5.74) is 1.87. The molecule has 0 radical (unpaired) electrons. The monoisotopic (exact) mass is 280 g/mol. The van der Waals surface area contributed by atoms with Crippen molar-refractivity contribution < 1.29 is 8.42 Å². The van der Waals surface area contributed by atoms with Crippen LogP contribution in [-0.4, -0.2) is 8.42 Å². The number of halogens is 1. The Hall–Kier alpha value is -1.32. The minimum atomic E-state index is -3.46. The number of hydrogen-bond acceptors (Lipinski definition) is 2. The van der Waals surface area contributed by atoms with Crippen LogP contribution in [0, 0.1) is 13.8 Å². The molecule has 0 saturated heterocycles. The van der Waals surface area contributed by atoms with Crippen molar-refractivity contribution in [3.8, 4) is 0 Å². The molecule has 0 spiro atoms. The van der Waals surface area contributed by atoms with Crippen LogP contribution in [-0.2, 0) is 9.84 Å². The first kappa shape index (κ1) is 13.1. The van der Waals surface area contributed by atoms with E-state index in [-0.39, 0.29) is 4.90 Å². The quantitative estimate of drug-likeness (QED) is 0.839. The highest BCUT2D eigenvalue weighted by molar-refractivity contribution is 7.91. The van der Waals surface area contributed by atoms with Crippen molar-refractivity contribution in [2.75, 3.05) is 0 Å². The average Bonchev–Trinajstić information content (AvgIpc) is 2.28. The SMILES string of the molecule is Cc1cc(C)cc(S(=O)(=O)c2ccc(Cl)cc2)c1. The van der Waals surface area contributed by atoms with Crippen LogP contribution in [0.25, 0.3) is 0 Å². The van der Waals surface area contributed by atoms with Crippen molar-refractivity contribution in [1.29, 1.82) is 0 Å². The molecule has 4 heteroatoms. The zero-order chi connectivity index (χ0) is 13.3. The molecule has 0 aliphatic rings. The third-order valence-electron chi connectivity index (χ3n) is 2.63. The summed E-state index contributed by atoms with van der Waals surface area (Å²) >= 11 is 5.76. The Kier molecular flexibility index (Phi) is 3.46. The smallest absolute Gasteiger partial charge is 0.206 e. The number of hydrogen-bond donors (Lipinski definition) is 0. The largest absolute Gasteiger partial charge is 0.219 e. The minimum absolute atomic E-state index is 0.261. The first-order valence-corrected chi connectivity index (χ1v) is 7.35. The molecule has 0 amide bonds. The number of benzene rings is 2. The van der Waals surface area contributed by atoms with Crippen molar-refractivity contribution in [2.24, 2.45) is 0 Å². The van der Waals surface area contributed by atoms with E-state index in [0.717, 1.165) is 11.1 Å². The summed E-state index contributed by atoms with van der Waals surface area (Å²) in [5, 5.41) is 0.523. The average molecular weight is 281 g/mol. The second-order valence-corrected chi connectivity index (χ2v) is 6.67. The predicted molar refractivity (Wildman–Crippen MR) is 72.8 cm³/mol. The van der Waals surface area contributed by atoms with E-state index in [1.165, 1.54) is 12.1 Å². The van der Waals surface area contributed by atoms with Gasteiger partial charge in [0.1, 0.15) is 0 Å². The Balaban J connectivity index is 2.57. The van der Waals surface area contributed by atoms with Crippen LogP contribution < -0.4 is 0 Å². The Morgan fingerprint density at radius 2 is 1.33 bits per heavy atom. The van der Waals surface area contributed by atoms with Gasteiger partial charge in [0.15, 0.2) is 0 Å². The van der Waals surface area contributed by atoms with Crippen LogP contribution in [0.5, 0.6) is 0 Å². The van der Waals surface area contributed by atoms with Crippen LogP contribution >= 0.6 is 11.6 Å². The summed E-state index contributed by atoms with van der Waals surface area (Å²) < 4.78 is 24.8. The highest BCUT2D eigenvalue weighted by Crippen LogP contribution is 2.24. The Morgan fingerprint density at radius 1 is 0.833 bits per heavy atom. The molecule has 0 aliphatic carbocycles. The summed E-state index contributed by atoms with van der Waals surface area (Å²) in [6, 6.07) is 11.5. The highest BCUT2D eigenvalue weighted by atomic mass is 35.5. The molecule has 94 valence electrons. The second-order valence-electron chi connectivity index (χ2n) is 4.28. The molecule has 0 bridgehead atoms. The summed E-state index contributed by atoms with van der Waals surface area (Å²) in [6.07, 6.45) is 0. The molecule has 2 rings (SSSR count). The molecule has 0 heterocycles. The van der Waals surface area contributed by atoms with E-state index < -0.39 is 9.84 Å². The van der Waals surface area contributed by atoms with E-state index in [1.807, 2.05) is 19.9 Å². The first-order chi connectivity index (χ1) is 8.39. The Labute approximate surface area is 112 Å². The molecule has 2 nitrogen and oxygen atoms in total. The van der Waals surface area contributed by atoms with Gasteiger partial charge >= 0.3 is 0 Å². The van der Waals surface area contributed by atoms with E-state index in [1.54, 1.807) is 24.3 Å². The van der Waals surface area contributed by atoms with Crippen molar-refractivity contribution in [3.05, 3.63) is 58.6 Å². The first-order valence-electron chi connectivity index (χ1n) is 5.48. The fourth-order valence-corrected chi connectivity index (χ4v) is 3.41. The van der Waals surface area contributed by atoms with Gasteiger partial charge in [0, 0.05) is 5.02 Å². The van der Waals surface area contributed by atoms with Crippen LogP contribution in [0.15, 0.2) is 52.3 Å². The van der Waals surface area contributed by atoms with E-state index in [2.05, 4.69) is 0 Å².